The Kier molecular flexibility index (Phi) is 6.53. The van der Waals surface area contributed by atoms with Gasteiger partial charge in [-0.2, -0.15) is 8.42 Å². The van der Waals surface area contributed by atoms with Crippen LogP contribution in [0.3, 0.4) is 0 Å². The molecule has 168 valence electrons. The minimum atomic E-state index is -3.56. The molecule has 0 aliphatic carbocycles. The quantitative estimate of drug-likeness (QED) is 0.491. The number of hydrogen-bond acceptors (Lipinski definition) is 5. The molecule has 5 nitrogen and oxygen atoms in total. The third kappa shape index (κ3) is 5.14. The highest BCUT2D eigenvalue weighted by molar-refractivity contribution is 7.86. The molecule has 0 amide bonds. The molecule has 0 saturated carbocycles. The van der Waals surface area contributed by atoms with Crippen molar-refractivity contribution in [1.82, 2.24) is 4.90 Å². The van der Waals surface area contributed by atoms with Crippen molar-refractivity contribution in [3.8, 4) is 11.5 Å². The van der Waals surface area contributed by atoms with Crippen LogP contribution in [0.5, 0.6) is 11.5 Å². The molecule has 0 N–H and O–H groups in total. The molecule has 3 aromatic carbocycles. The lowest BCUT2D eigenvalue weighted by molar-refractivity contribution is 0.161. The summed E-state index contributed by atoms with van der Waals surface area (Å²) in [5.41, 5.74) is 3.41. The van der Waals surface area contributed by atoms with Gasteiger partial charge in [-0.05, 0) is 60.3 Å². The highest BCUT2D eigenvalue weighted by Crippen LogP contribution is 2.42. The number of ether oxygens (including phenoxy) is 1. The van der Waals surface area contributed by atoms with Crippen LogP contribution in [-0.4, -0.2) is 39.8 Å². The minimum Gasteiger partial charge on any atom is -0.497 e. The van der Waals surface area contributed by atoms with Crippen LogP contribution in [0.2, 0.25) is 0 Å². The zero-order valence-electron chi connectivity index (χ0n) is 18.5. The maximum Gasteiger partial charge on any atom is 0.306 e. The Bertz CT molecular complexity index is 1150. The number of methoxy groups -OCH3 is 1. The van der Waals surface area contributed by atoms with Crippen molar-refractivity contribution in [2.75, 3.05) is 26.5 Å². The maximum atomic E-state index is 11.5. The molecule has 4 rings (SSSR count). The van der Waals surface area contributed by atoms with E-state index < -0.39 is 10.1 Å². The lowest BCUT2D eigenvalue weighted by Gasteiger charge is -2.44. The Labute approximate surface area is 190 Å². The highest BCUT2D eigenvalue weighted by Gasteiger charge is 2.39. The summed E-state index contributed by atoms with van der Waals surface area (Å²) in [4.78, 5) is 2.50. The van der Waals surface area contributed by atoms with Crippen molar-refractivity contribution in [2.24, 2.45) is 0 Å². The monoisotopic (exact) mass is 451 g/mol. The van der Waals surface area contributed by atoms with E-state index in [1.807, 2.05) is 30.3 Å². The molecule has 1 aliphatic rings. The fourth-order valence-corrected chi connectivity index (χ4v) is 5.14. The standard InChI is InChI=1S/C26H29NO4S/c1-30-25-11-6-10-23(18-25)26(22-12-14-24(15-13-22)31-32(2,28)29)16-7-17-27(20-26)19-21-8-4-3-5-9-21/h3-6,8-15,18H,7,16-17,19-20H2,1-2H3. The van der Waals surface area contributed by atoms with Crippen molar-refractivity contribution >= 4 is 10.1 Å². The summed E-state index contributed by atoms with van der Waals surface area (Å²) in [6, 6.07) is 26.3. The molecule has 3 aromatic rings. The van der Waals surface area contributed by atoms with Gasteiger partial charge in [0, 0.05) is 18.5 Å². The van der Waals surface area contributed by atoms with Crippen LogP contribution in [0, 0.1) is 0 Å². The van der Waals surface area contributed by atoms with Gasteiger partial charge in [-0.3, -0.25) is 4.90 Å². The summed E-state index contributed by atoms with van der Waals surface area (Å²) in [6.07, 6.45) is 3.12. The number of nitrogens with zero attached hydrogens (tertiary/aromatic N) is 1. The fourth-order valence-electron chi connectivity index (χ4n) is 4.68. The van der Waals surface area contributed by atoms with Crippen molar-refractivity contribution in [1.29, 1.82) is 0 Å². The van der Waals surface area contributed by atoms with Crippen molar-refractivity contribution in [3.63, 3.8) is 0 Å². The van der Waals surface area contributed by atoms with Gasteiger partial charge in [0.25, 0.3) is 0 Å². The fraction of sp³-hybridized carbons (Fsp3) is 0.308. The molecule has 1 aliphatic heterocycles. The molecule has 1 saturated heterocycles. The molecule has 1 unspecified atom stereocenters. The second-order valence-electron chi connectivity index (χ2n) is 8.43. The van der Waals surface area contributed by atoms with Gasteiger partial charge in [-0.1, -0.05) is 54.6 Å². The number of benzene rings is 3. The third-order valence-electron chi connectivity index (χ3n) is 6.10. The number of likely N-dealkylation sites (tertiary alicyclic amines) is 1. The molecule has 1 atom stereocenters. The second-order valence-corrected chi connectivity index (χ2v) is 10.0. The van der Waals surface area contributed by atoms with Crippen LogP contribution >= 0.6 is 0 Å². The molecule has 32 heavy (non-hydrogen) atoms. The zero-order chi connectivity index (χ0) is 22.6. The van der Waals surface area contributed by atoms with Crippen LogP contribution < -0.4 is 8.92 Å². The van der Waals surface area contributed by atoms with E-state index in [4.69, 9.17) is 8.92 Å². The lowest BCUT2D eigenvalue weighted by atomic mass is 9.69. The molecule has 1 fully saturated rings. The molecular formula is C26H29NO4S. The number of hydrogen-bond donors (Lipinski definition) is 0. The van der Waals surface area contributed by atoms with Gasteiger partial charge >= 0.3 is 10.1 Å². The third-order valence-corrected chi connectivity index (χ3v) is 6.59. The van der Waals surface area contributed by atoms with Crippen LogP contribution in [0.15, 0.2) is 78.9 Å². The smallest absolute Gasteiger partial charge is 0.306 e. The first kappa shape index (κ1) is 22.4. The molecule has 1 heterocycles. The lowest BCUT2D eigenvalue weighted by Crippen LogP contribution is -2.46. The van der Waals surface area contributed by atoms with Crippen LogP contribution in [0.1, 0.15) is 29.5 Å². The summed E-state index contributed by atoms with van der Waals surface area (Å²) in [6.45, 7) is 2.79. The van der Waals surface area contributed by atoms with Gasteiger partial charge in [0.2, 0.25) is 0 Å². The van der Waals surface area contributed by atoms with E-state index in [2.05, 4.69) is 41.3 Å². The maximum absolute atomic E-state index is 11.5. The van der Waals surface area contributed by atoms with E-state index in [0.29, 0.717) is 5.75 Å². The summed E-state index contributed by atoms with van der Waals surface area (Å²) in [7, 11) is -1.87. The predicted molar refractivity (Wildman–Crippen MR) is 127 cm³/mol. The Morgan fingerprint density at radius 2 is 1.66 bits per heavy atom. The number of rotatable bonds is 7. The molecule has 0 aromatic heterocycles. The Balaban J connectivity index is 1.71. The van der Waals surface area contributed by atoms with Crippen LogP contribution in [-0.2, 0) is 22.1 Å². The van der Waals surface area contributed by atoms with Gasteiger partial charge < -0.3 is 8.92 Å². The molecule has 0 bridgehead atoms. The average molecular weight is 452 g/mol. The van der Waals surface area contributed by atoms with E-state index in [1.54, 1.807) is 19.2 Å². The van der Waals surface area contributed by atoms with Crippen molar-refractivity contribution in [2.45, 2.75) is 24.8 Å². The Hall–Kier alpha value is -2.83. The molecule has 0 spiro atoms. The van der Waals surface area contributed by atoms with Crippen LogP contribution in [0.25, 0.3) is 0 Å². The largest absolute Gasteiger partial charge is 0.497 e. The van der Waals surface area contributed by atoms with Gasteiger partial charge in [-0.25, -0.2) is 0 Å². The van der Waals surface area contributed by atoms with Crippen LogP contribution in [0.4, 0.5) is 0 Å². The first-order valence-corrected chi connectivity index (χ1v) is 12.6. The Morgan fingerprint density at radius 1 is 0.906 bits per heavy atom. The first-order chi connectivity index (χ1) is 15.4. The summed E-state index contributed by atoms with van der Waals surface area (Å²) in [5, 5.41) is 0. The topological polar surface area (TPSA) is 55.8 Å². The molecule has 6 heteroatoms. The predicted octanol–water partition coefficient (Wildman–Crippen LogP) is 4.62. The molecular weight excluding hydrogens is 422 g/mol. The normalized spacial score (nSPS) is 19.4. The van der Waals surface area contributed by atoms with Gasteiger partial charge in [0.1, 0.15) is 11.5 Å². The minimum absolute atomic E-state index is 0.231. The van der Waals surface area contributed by atoms with E-state index in [0.717, 1.165) is 50.0 Å². The summed E-state index contributed by atoms with van der Waals surface area (Å²) < 4.78 is 33.6. The van der Waals surface area contributed by atoms with E-state index in [1.165, 1.54) is 11.1 Å². The first-order valence-electron chi connectivity index (χ1n) is 10.8. The van der Waals surface area contributed by atoms with Gasteiger partial charge in [0.05, 0.1) is 13.4 Å². The highest BCUT2D eigenvalue weighted by atomic mass is 32.2. The van der Waals surface area contributed by atoms with Crippen molar-refractivity contribution < 1.29 is 17.3 Å². The summed E-state index contributed by atoms with van der Waals surface area (Å²) >= 11 is 0. The average Bonchev–Trinajstić information content (AvgIpc) is 2.79. The zero-order valence-corrected chi connectivity index (χ0v) is 19.3. The molecule has 0 radical (unpaired) electrons. The van der Waals surface area contributed by atoms with E-state index in [9.17, 15) is 8.42 Å². The second kappa shape index (κ2) is 9.35. The van der Waals surface area contributed by atoms with Gasteiger partial charge in [0.15, 0.2) is 0 Å². The summed E-state index contributed by atoms with van der Waals surface area (Å²) in [5.74, 6) is 1.16. The SMILES string of the molecule is COc1cccc(C2(c3ccc(OS(C)(=O)=O)cc3)CCCN(Cc3ccccc3)C2)c1. The van der Waals surface area contributed by atoms with E-state index in [-0.39, 0.29) is 5.41 Å². The van der Waals surface area contributed by atoms with E-state index >= 15 is 0 Å². The Morgan fingerprint density at radius 3 is 2.34 bits per heavy atom. The number of piperidine rings is 1. The van der Waals surface area contributed by atoms with Gasteiger partial charge in [-0.15, -0.1) is 0 Å². The van der Waals surface area contributed by atoms with Crippen molar-refractivity contribution in [3.05, 3.63) is 95.6 Å².